The van der Waals surface area contributed by atoms with E-state index in [1.54, 1.807) is 0 Å². The molecule has 0 aliphatic carbocycles. The SMILES string of the molecule is [2H]c1[nH]c2c([2H])c([2H])c([2H])c([2H])c2c1CC(=O)C(=O)O. The Morgan fingerprint density at radius 1 is 1.40 bits per heavy atom. The number of rotatable bonds is 3. The predicted molar refractivity (Wildman–Crippen MR) is 54.6 cm³/mol. The van der Waals surface area contributed by atoms with Gasteiger partial charge in [-0.2, -0.15) is 0 Å². The summed E-state index contributed by atoms with van der Waals surface area (Å²) in [6.07, 6.45) is -0.891. The van der Waals surface area contributed by atoms with Crippen molar-refractivity contribution in [2.75, 3.05) is 0 Å². The van der Waals surface area contributed by atoms with Gasteiger partial charge < -0.3 is 10.1 Å². The third-order valence-corrected chi connectivity index (χ3v) is 1.90. The smallest absolute Gasteiger partial charge is 0.372 e. The molecule has 0 unspecified atom stereocenters. The Labute approximate surface area is 92.6 Å². The van der Waals surface area contributed by atoms with Gasteiger partial charge in [-0.1, -0.05) is 18.1 Å². The van der Waals surface area contributed by atoms with Gasteiger partial charge in [0.2, 0.25) is 5.78 Å². The van der Waals surface area contributed by atoms with Crippen molar-refractivity contribution in [2.45, 2.75) is 6.42 Å². The molecule has 0 saturated carbocycles. The highest BCUT2D eigenvalue weighted by molar-refractivity contribution is 6.33. The molecule has 1 aromatic heterocycles. The number of carboxylic acid groups (broad SMARTS) is 1. The molecule has 0 aliphatic rings. The van der Waals surface area contributed by atoms with Gasteiger partial charge in [0.1, 0.15) is 0 Å². The van der Waals surface area contributed by atoms with Gasteiger partial charge in [-0.05, 0) is 11.6 Å². The number of aromatic amines is 1. The summed E-state index contributed by atoms with van der Waals surface area (Å²) >= 11 is 0. The van der Waals surface area contributed by atoms with E-state index in [4.69, 9.17) is 12.0 Å². The van der Waals surface area contributed by atoms with Crippen LogP contribution in [0.1, 0.15) is 12.4 Å². The summed E-state index contributed by atoms with van der Waals surface area (Å²) in [4.78, 5) is 24.3. The molecule has 0 aliphatic heterocycles. The lowest BCUT2D eigenvalue weighted by Gasteiger charge is -1.94. The number of carbonyl (C=O) groups excluding carboxylic acids is 1. The quantitative estimate of drug-likeness (QED) is 0.748. The second-order valence-corrected chi connectivity index (χ2v) is 2.88. The molecule has 1 aromatic carbocycles. The van der Waals surface area contributed by atoms with Crippen LogP contribution < -0.4 is 0 Å². The number of para-hydroxylation sites is 1. The maximum atomic E-state index is 11.3. The summed E-state index contributed by atoms with van der Waals surface area (Å²) in [7, 11) is 0. The molecule has 2 rings (SSSR count). The number of carbonyl (C=O) groups is 2. The average molecular weight is 208 g/mol. The van der Waals surface area contributed by atoms with Crippen LogP contribution in [0.25, 0.3) is 10.9 Å². The number of hydrogen-bond acceptors (Lipinski definition) is 2. The number of benzene rings is 1. The van der Waals surface area contributed by atoms with E-state index >= 15 is 0 Å². The van der Waals surface area contributed by atoms with Crippen LogP contribution in [-0.2, 0) is 16.0 Å². The van der Waals surface area contributed by atoms with Gasteiger partial charge in [0.25, 0.3) is 0 Å². The van der Waals surface area contributed by atoms with E-state index < -0.39 is 36.3 Å². The molecule has 15 heavy (non-hydrogen) atoms. The van der Waals surface area contributed by atoms with E-state index in [0.717, 1.165) is 0 Å². The lowest BCUT2D eigenvalue weighted by Crippen LogP contribution is -2.14. The molecule has 4 heteroatoms. The molecule has 0 radical (unpaired) electrons. The van der Waals surface area contributed by atoms with Crippen molar-refractivity contribution < 1.29 is 21.5 Å². The van der Waals surface area contributed by atoms with Crippen molar-refractivity contribution in [1.82, 2.24) is 4.98 Å². The minimum absolute atomic E-state index is 0.00538. The Balaban J connectivity index is 2.77. The maximum absolute atomic E-state index is 11.3. The first-order valence-corrected chi connectivity index (χ1v) is 4.09. The highest BCUT2D eigenvalue weighted by atomic mass is 16.4. The number of H-pyrrole nitrogens is 1. The largest absolute Gasteiger partial charge is 0.475 e. The summed E-state index contributed by atoms with van der Waals surface area (Å²) in [5.74, 6) is -2.80. The van der Waals surface area contributed by atoms with Crippen LogP contribution in [0.15, 0.2) is 30.3 Å². The van der Waals surface area contributed by atoms with Crippen LogP contribution in [0, 0.1) is 0 Å². The Kier molecular flexibility index (Phi) is 1.22. The zero-order valence-corrected chi connectivity index (χ0v) is 7.47. The molecule has 76 valence electrons. The number of aromatic nitrogens is 1. The molecular formula is C11H9NO3. The Morgan fingerprint density at radius 3 is 2.87 bits per heavy atom. The number of carboxylic acids is 1. The molecule has 0 spiro atoms. The third kappa shape index (κ3) is 1.74. The molecule has 0 saturated heterocycles. The number of fused-ring (bicyclic) bond motifs is 1. The predicted octanol–water partition coefficient (Wildman–Crippen LogP) is 1.36. The second kappa shape index (κ2) is 3.57. The molecule has 2 N–H and O–H groups in total. The molecule has 0 bridgehead atoms. The van der Waals surface area contributed by atoms with E-state index in [1.165, 1.54) is 0 Å². The Morgan fingerprint density at radius 2 is 2.13 bits per heavy atom. The van der Waals surface area contributed by atoms with Crippen LogP contribution in [-0.4, -0.2) is 21.8 Å². The highest BCUT2D eigenvalue weighted by Crippen LogP contribution is 2.18. The van der Waals surface area contributed by atoms with Crippen LogP contribution in [0.3, 0.4) is 0 Å². The summed E-state index contributed by atoms with van der Waals surface area (Å²) < 4.78 is 38.2. The fourth-order valence-corrected chi connectivity index (χ4v) is 1.20. The highest BCUT2D eigenvalue weighted by Gasteiger charge is 2.14. The van der Waals surface area contributed by atoms with Crippen molar-refractivity contribution >= 4 is 22.7 Å². The van der Waals surface area contributed by atoms with Gasteiger partial charge >= 0.3 is 5.97 Å². The first kappa shape index (κ1) is 5.11. The second-order valence-electron chi connectivity index (χ2n) is 2.88. The van der Waals surface area contributed by atoms with Gasteiger partial charge in [-0.25, -0.2) is 4.79 Å². The number of nitrogens with one attached hydrogen (secondary N) is 1. The topological polar surface area (TPSA) is 70.2 Å². The first-order valence-electron chi connectivity index (χ1n) is 6.59. The van der Waals surface area contributed by atoms with Crippen LogP contribution in [0.5, 0.6) is 0 Å². The fraction of sp³-hybridized carbons (Fsp3) is 0.0909. The number of Topliss-reactive ketones (excluding diaryl/α,β-unsaturated/α-hetero) is 1. The third-order valence-electron chi connectivity index (χ3n) is 1.90. The minimum Gasteiger partial charge on any atom is -0.475 e. The average Bonchev–Trinajstić information content (AvgIpc) is 2.71. The zero-order chi connectivity index (χ0) is 15.2. The van der Waals surface area contributed by atoms with Gasteiger partial charge in [0.15, 0.2) is 0 Å². The lowest BCUT2D eigenvalue weighted by molar-refractivity contribution is -0.148. The molecule has 4 nitrogen and oxygen atoms in total. The van der Waals surface area contributed by atoms with E-state index in [-0.39, 0.29) is 28.7 Å². The van der Waals surface area contributed by atoms with Crippen LogP contribution in [0.2, 0.25) is 0 Å². The van der Waals surface area contributed by atoms with Gasteiger partial charge in [-0.15, -0.1) is 0 Å². The molecule has 0 atom stereocenters. The zero-order valence-electron chi connectivity index (χ0n) is 12.5. The van der Waals surface area contributed by atoms with E-state index in [9.17, 15) is 9.59 Å². The monoisotopic (exact) mass is 208 g/mol. The minimum atomic E-state index is -1.65. The van der Waals surface area contributed by atoms with E-state index in [1.807, 2.05) is 0 Å². The molecular weight excluding hydrogens is 194 g/mol. The van der Waals surface area contributed by atoms with Crippen LogP contribution >= 0.6 is 0 Å². The number of aliphatic carboxylic acids is 1. The summed E-state index contributed by atoms with van der Waals surface area (Å²) in [5, 5.41) is 8.58. The van der Waals surface area contributed by atoms with Crippen molar-refractivity contribution in [2.24, 2.45) is 0 Å². The van der Waals surface area contributed by atoms with Gasteiger partial charge in [0.05, 0.1) is 6.85 Å². The summed E-state index contributed by atoms with van der Waals surface area (Å²) in [5.41, 5.74) is -0.0476. The van der Waals surface area contributed by atoms with E-state index in [2.05, 4.69) is 4.98 Å². The van der Waals surface area contributed by atoms with Crippen molar-refractivity contribution in [1.29, 1.82) is 0 Å². The normalized spacial score (nSPS) is 15.1. The molecule has 2 aromatic rings. The Bertz CT molecular complexity index is 753. The maximum Gasteiger partial charge on any atom is 0.372 e. The first-order chi connectivity index (χ1) is 9.25. The van der Waals surface area contributed by atoms with E-state index in [0.29, 0.717) is 0 Å². The summed E-state index contributed by atoms with van der Waals surface area (Å²) in [6, 6.07) is -1.71. The Hall–Kier alpha value is -2.10. The van der Waals surface area contributed by atoms with Gasteiger partial charge in [-0.3, -0.25) is 4.79 Å². The summed E-state index contributed by atoms with van der Waals surface area (Å²) in [6.45, 7) is 0. The number of ketones is 1. The van der Waals surface area contributed by atoms with Crippen LogP contribution in [0.4, 0.5) is 0 Å². The van der Waals surface area contributed by atoms with Gasteiger partial charge in [0, 0.05) is 23.5 Å². The molecule has 1 heterocycles. The molecule has 0 amide bonds. The lowest BCUT2D eigenvalue weighted by atomic mass is 10.1. The van der Waals surface area contributed by atoms with Crippen molar-refractivity contribution in [3.63, 3.8) is 0 Å². The fourth-order valence-electron chi connectivity index (χ4n) is 1.20. The van der Waals surface area contributed by atoms with Crippen molar-refractivity contribution in [3.05, 3.63) is 35.9 Å². The van der Waals surface area contributed by atoms with Crippen molar-refractivity contribution in [3.8, 4) is 0 Å². The standard InChI is InChI=1S/C11H9NO3/c13-10(11(14)15)5-7-6-12-9-4-2-1-3-8(7)9/h1-4,6,12H,5H2,(H,14,15)/i1D,2D,3D,4D,6D. The number of hydrogen-bond donors (Lipinski definition) is 2. The molecule has 0 fully saturated rings.